The van der Waals surface area contributed by atoms with Crippen LogP contribution < -0.4 is 25.5 Å². The predicted molar refractivity (Wildman–Crippen MR) is 138 cm³/mol. The van der Waals surface area contributed by atoms with Crippen LogP contribution in [0.4, 0.5) is 0 Å². The Balaban J connectivity index is 1.69. The SMILES string of the molecule is CCCN1CC2=C(Oc3ncn(N)c(=N)c3C2c2ccc(OC)cc2)/C(=C/c2ccc(OC)cc2)C1. The van der Waals surface area contributed by atoms with E-state index in [4.69, 9.17) is 25.5 Å². The van der Waals surface area contributed by atoms with Gasteiger partial charge in [0.25, 0.3) is 0 Å². The van der Waals surface area contributed by atoms with E-state index in [9.17, 15) is 0 Å². The maximum absolute atomic E-state index is 8.77. The molecule has 0 amide bonds. The van der Waals surface area contributed by atoms with Gasteiger partial charge in [-0.2, -0.15) is 0 Å². The molecule has 186 valence electrons. The monoisotopic (exact) mass is 485 g/mol. The fourth-order valence-electron chi connectivity index (χ4n) is 4.99. The zero-order chi connectivity index (χ0) is 25.2. The lowest BCUT2D eigenvalue weighted by Crippen LogP contribution is -2.41. The second-order valence-corrected chi connectivity index (χ2v) is 9.04. The number of hydrogen-bond donors (Lipinski definition) is 2. The van der Waals surface area contributed by atoms with Crippen LogP contribution in [0, 0.1) is 5.41 Å². The Bertz CT molecular complexity index is 1370. The van der Waals surface area contributed by atoms with Crippen LogP contribution in [0.3, 0.4) is 0 Å². The summed E-state index contributed by atoms with van der Waals surface area (Å²) in [4.78, 5) is 6.91. The molecule has 1 unspecified atom stereocenters. The molecule has 0 saturated heterocycles. The van der Waals surface area contributed by atoms with Crippen molar-refractivity contribution in [2.45, 2.75) is 19.3 Å². The number of rotatable bonds is 6. The number of aromatic nitrogens is 2. The Morgan fingerprint density at radius 2 is 1.72 bits per heavy atom. The van der Waals surface area contributed by atoms with Gasteiger partial charge >= 0.3 is 0 Å². The summed E-state index contributed by atoms with van der Waals surface area (Å²) >= 11 is 0. The molecular formula is C28H31N5O3. The van der Waals surface area contributed by atoms with Gasteiger partial charge in [0.2, 0.25) is 5.88 Å². The van der Waals surface area contributed by atoms with Crippen molar-refractivity contribution >= 4 is 6.08 Å². The number of ether oxygens (including phenoxy) is 3. The van der Waals surface area contributed by atoms with Crippen LogP contribution in [0.15, 0.2) is 71.8 Å². The lowest BCUT2D eigenvalue weighted by molar-refractivity contribution is 0.271. The molecule has 2 aromatic carbocycles. The molecule has 8 heteroatoms. The summed E-state index contributed by atoms with van der Waals surface area (Å²) in [5.41, 5.74) is 5.14. The van der Waals surface area contributed by atoms with Crippen molar-refractivity contribution in [3.8, 4) is 17.4 Å². The van der Waals surface area contributed by atoms with Crippen LogP contribution in [-0.4, -0.2) is 48.4 Å². The van der Waals surface area contributed by atoms with E-state index in [1.54, 1.807) is 14.2 Å². The summed E-state index contributed by atoms with van der Waals surface area (Å²) in [7, 11) is 3.32. The number of benzene rings is 2. The van der Waals surface area contributed by atoms with E-state index in [2.05, 4.69) is 22.9 Å². The highest BCUT2D eigenvalue weighted by Crippen LogP contribution is 2.45. The summed E-state index contributed by atoms with van der Waals surface area (Å²) in [6.07, 6.45) is 4.63. The van der Waals surface area contributed by atoms with E-state index in [1.165, 1.54) is 11.0 Å². The first kappa shape index (κ1) is 23.7. The van der Waals surface area contributed by atoms with Crippen molar-refractivity contribution in [3.05, 3.63) is 93.9 Å². The minimum absolute atomic E-state index is 0.181. The lowest BCUT2D eigenvalue weighted by atomic mass is 9.80. The molecule has 0 saturated carbocycles. The molecular weight excluding hydrogens is 454 g/mol. The number of nitrogen functional groups attached to an aromatic ring is 1. The molecule has 8 nitrogen and oxygen atoms in total. The minimum atomic E-state index is -0.218. The van der Waals surface area contributed by atoms with E-state index in [-0.39, 0.29) is 11.4 Å². The van der Waals surface area contributed by atoms with Crippen molar-refractivity contribution in [1.29, 1.82) is 5.41 Å². The lowest BCUT2D eigenvalue weighted by Gasteiger charge is -2.38. The van der Waals surface area contributed by atoms with E-state index in [0.717, 1.165) is 65.6 Å². The van der Waals surface area contributed by atoms with Crippen molar-refractivity contribution in [2.75, 3.05) is 39.7 Å². The van der Waals surface area contributed by atoms with Crippen LogP contribution in [-0.2, 0) is 0 Å². The van der Waals surface area contributed by atoms with Crippen LogP contribution in [0.2, 0.25) is 0 Å². The summed E-state index contributed by atoms with van der Waals surface area (Å²) in [6, 6.07) is 16.0. The number of nitrogens with two attached hydrogens (primary N) is 1. The Morgan fingerprint density at radius 3 is 2.36 bits per heavy atom. The third kappa shape index (κ3) is 4.35. The number of nitrogens with zero attached hydrogens (tertiary/aromatic N) is 3. The number of fused-ring (bicyclic) bond motifs is 1. The van der Waals surface area contributed by atoms with Gasteiger partial charge in [-0.25, -0.2) is 9.66 Å². The maximum atomic E-state index is 8.77. The van der Waals surface area contributed by atoms with Gasteiger partial charge in [0.1, 0.15) is 23.6 Å². The Labute approximate surface area is 210 Å². The van der Waals surface area contributed by atoms with E-state index >= 15 is 0 Å². The summed E-state index contributed by atoms with van der Waals surface area (Å²) in [5.74, 6) is 8.70. The van der Waals surface area contributed by atoms with Crippen LogP contribution in [0.5, 0.6) is 17.4 Å². The second-order valence-electron chi connectivity index (χ2n) is 9.04. The number of hydrogen-bond acceptors (Lipinski definition) is 7. The molecule has 2 aliphatic rings. The molecule has 5 rings (SSSR count). The molecule has 1 atom stereocenters. The van der Waals surface area contributed by atoms with Crippen molar-refractivity contribution in [3.63, 3.8) is 0 Å². The number of nitrogens with one attached hydrogen (secondary N) is 1. The predicted octanol–water partition coefficient (Wildman–Crippen LogP) is 3.68. The zero-order valence-corrected chi connectivity index (χ0v) is 20.8. The summed E-state index contributed by atoms with van der Waals surface area (Å²) in [6.45, 7) is 4.64. The molecule has 3 N–H and O–H groups in total. The Hall–Kier alpha value is -4.04. The summed E-state index contributed by atoms with van der Waals surface area (Å²) in [5, 5.41) is 8.77. The van der Waals surface area contributed by atoms with Gasteiger partial charge in [-0.15, -0.1) is 0 Å². The third-order valence-corrected chi connectivity index (χ3v) is 6.70. The molecule has 2 aliphatic heterocycles. The van der Waals surface area contributed by atoms with Crippen molar-refractivity contribution < 1.29 is 14.2 Å². The van der Waals surface area contributed by atoms with Gasteiger partial charge in [-0.05, 0) is 60.0 Å². The highest BCUT2D eigenvalue weighted by molar-refractivity contribution is 5.64. The molecule has 3 aromatic rings. The van der Waals surface area contributed by atoms with Gasteiger partial charge in [-0.3, -0.25) is 10.3 Å². The first-order chi connectivity index (χ1) is 17.5. The van der Waals surface area contributed by atoms with Crippen molar-refractivity contribution in [2.24, 2.45) is 0 Å². The van der Waals surface area contributed by atoms with Gasteiger partial charge in [-0.1, -0.05) is 31.2 Å². The van der Waals surface area contributed by atoms with Gasteiger partial charge in [0.05, 0.1) is 19.8 Å². The van der Waals surface area contributed by atoms with E-state index < -0.39 is 0 Å². The van der Waals surface area contributed by atoms with Gasteiger partial charge in [0.15, 0.2) is 5.49 Å². The normalized spacial score (nSPS) is 18.4. The van der Waals surface area contributed by atoms with Crippen LogP contribution in [0.1, 0.15) is 36.0 Å². The van der Waals surface area contributed by atoms with Crippen LogP contribution >= 0.6 is 0 Å². The van der Waals surface area contributed by atoms with Crippen molar-refractivity contribution in [1.82, 2.24) is 14.6 Å². The topological polar surface area (TPSA) is 98.6 Å². The molecule has 0 spiro atoms. The molecule has 0 radical (unpaired) electrons. The van der Waals surface area contributed by atoms with Gasteiger partial charge in [0, 0.05) is 24.6 Å². The zero-order valence-electron chi connectivity index (χ0n) is 20.8. The molecule has 0 fully saturated rings. The van der Waals surface area contributed by atoms with E-state index in [0.29, 0.717) is 11.4 Å². The largest absolute Gasteiger partial charge is 0.497 e. The Morgan fingerprint density at radius 1 is 1.06 bits per heavy atom. The van der Waals surface area contributed by atoms with Crippen LogP contribution in [0.25, 0.3) is 6.08 Å². The summed E-state index contributed by atoms with van der Waals surface area (Å²) < 4.78 is 18.4. The van der Waals surface area contributed by atoms with E-state index in [1.807, 2.05) is 48.5 Å². The highest BCUT2D eigenvalue weighted by atomic mass is 16.5. The molecule has 3 heterocycles. The average Bonchev–Trinajstić information content (AvgIpc) is 2.91. The second kappa shape index (κ2) is 9.91. The maximum Gasteiger partial charge on any atom is 0.228 e. The number of methoxy groups -OCH3 is 2. The minimum Gasteiger partial charge on any atom is -0.497 e. The fourth-order valence-corrected chi connectivity index (χ4v) is 4.99. The van der Waals surface area contributed by atoms with Gasteiger partial charge < -0.3 is 20.1 Å². The third-order valence-electron chi connectivity index (χ3n) is 6.70. The average molecular weight is 486 g/mol. The molecule has 1 aromatic heterocycles. The molecule has 36 heavy (non-hydrogen) atoms. The standard InChI is InChI=1S/C28H31N5O3/c1-4-13-32-15-20(14-18-5-9-21(34-2)10-6-18)26-23(16-32)24(19-7-11-22(35-3)12-8-19)25-27(29)33(30)17-31-28(25)36-26/h5-12,14,17,24,29H,4,13,15-16,30H2,1-3H3/b20-14+,29-27?. The Kier molecular flexibility index (Phi) is 6.52. The smallest absolute Gasteiger partial charge is 0.228 e. The fraction of sp³-hybridized carbons (Fsp3) is 0.286. The molecule has 0 bridgehead atoms. The molecule has 0 aliphatic carbocycles. The first-order valence-electron chi connectivity index (χ1n) is 12.1. The quantitative estimate of drug-likeness (QED) is 0.517. The highest BCUT2D eigenvalue weighted by Gasteiger charge is 2.38. The first-order valence-corrected chi connectivity index (χ1v) is 12.1.